The van der Waals surface area contributed by atoms with Crippen LogP contribution < -0.4 is 9.64 Å². The number of halogens is 1. The van der Waals surface area contributed by atoms with Gasteiger partial charge in [0.2, 0.25) is 0 Å². The smallest absolute Gasteiger partial charge is 0.258 e. The van der Waals surface area contributed by atoms with Crippen molar-refractivity contribution in [3.05, 3.63) is 77.0 Å². The maximum absolute atomic E-state index is 13.1. The Morgan fingerprint density at radius 1 is 1.00 bits per heavy atom. The first-order valence-corrected chi connectivity index (χ1v) is 8.36. The summed E-state index contributed by atoms with van der Waals surface area (Å²) in [6.07, 6.45) is 0. The zero-order chi connectivity index (χ0) is 16.8. The summed E-state index contributed by atoms with van der Waals surface area (Å²) in [7, 11) is 0. The molecule has 0 aliphatic carbocycles. The van der Waals surface area contributed by atoms with Gasteiger partial charge in [0, 0.05) is 4.88 Å². The van der Waals surface area contributed by atoms with Crippen molar-refractivity contribution in [1.29, 1.82) is 0 Å². The number of carbonyl (C=O) groups excluding carboxylic acids is 1. The number of anilines is 1. The molecule has 0 unspecified atom stereocenters. The fourth-order valence-electron chi connectivity index (χ4n) is 2.32. The molecule has 0 saturated heterocycles. The summed E-state index contributed by atoms with van der Waals surface area (Å²) < 4.78 is 19.0. The largest absolute Gasteiger partial charge is 0.455 e. The van der Waals surface area contributed by atoms with Crippen LogP contribution in [-0.4, -0.2) is 12.6 Å². The van der Waals surface area contributed by atoms with Gasteiger partial charge in [-0.25, -0.2) is 4.39 Å². The third-order valence-electron chi connectivity index (χ3n) is 3.44. The van der Waals surface area contributed by atoms with E-state index in [-0.39, 0.29) is 0 Å². The average molecular weight is 341 g/mol. The number of amides is 1. The second-order valence-electron chi connectivity index (χ2n) is 5.08. The molecule has 1 aromatic heterocycles. The third kappa shape index (κ3) is 3.81. The highest BCUT2D eigenvalue weighted by molar-refractivity contribution is 7.09. The van der Waals surface area contributed by atoms with Gasteiger partial charge in [0.05, 0.1) is 12.2 Å². The van der Waals surface area contributed by atoms with E-state index in [0.717, 1.165) is 4.88 Å². The van der Waals surface area contributed by atoms with Crippen LogP contribution in [0.15, 0.2) is 72.1 Å². The van der Waals surface area contributed by atoms with Gasteiger partial charge < -0.3 is 9.64 Å². The molecule has 1 heterocycles. The first-order chi connectivity index (χ1) is 11.8. The lowest BCUT2D eigenvalue weighted by atomic mass is 10.2. The van der Waals surface area contributed by atoms with E-state index >= 15 is 0 Å². The van der Waals surface area contributed by atoms with Crippen molar-refractivity contribution in [2.45, 2.75) is 6.54 Å². The first kappa shape index (κ1) is 16.2. The number of benzene rings is 2. The highest BCUT2D eigenvalue weighted by Gasteiger charge is 2.20. The Morgan fingerprint density at radius 3 is 2.46 bits per heavy atom. The van der Waals surface area contributed by atoms with Crippen LogP contribution in [-0.2, 0) is 11.3 Å². The zero-order valence-electron chi connectivity index (χ0n) is 12.9. The second kappa shape index (κ2) is 7.75. The summed E-state index contributed by atoms with van der Waals surface area (Å²) in [6, 6.07) is 20.3. The molecule has 0 aliphatic heterocycles. The van der Waals surface area contributed by atoms with Gasteiger partial charge in [-0.3, -0.25) is 4.79 Å². The van der Waals surface area contributed by atoms with E-state index in [0.29, 0.717) is 23.7 Å². The van der Waals surface area contributed by atoms with Gasteiger partial charge in [-0.2, -0.15) is 0 Å². The molecule has 24 heavy (non-hydrogen) atoms. The van der Waals surface area contributed by atoms with Gasteiger partial charge in [-0.15, -0.1) is 11.3 Å². The molecule has 0 radical (unpaired) electrons. The van der Waals surface area contributed by atoms with Crippen LogP contribution in [0.4, 0.5) is 10.1 Å². The molecule has 2 aromatic carbocycles. The normalized spacial score (nSPS) is 10.4. The van der Waals surface area contributed by atoms with E-state index < -0.39 is 12.6 Å². The topological polar surface area (TPSA) is 29.5 Å². The van der Waals surface area contributed by atoms with Crippen LogP contribution in [0.5, 0.6) is 11.5 Å². The highest BCUT2D eigenvalue weighted by Crippen LogP contribution is 2.33. The molecule has 3 nitrogen and oxygen atoms in total. The van der Waals surface area contributed by atoms with E-state index in [4.69, 9.17) is 4.74 Å². The molecule has 0 aliphatic rings. The molecule has 0 saturated carbocycles. The van der Waals surface area contributed by atoms with Crippen molar-refractivity contribution in [3.63, 3.8) is 0 Å². The summed E-state index contributed by atoms with van der Waals surface area (Å²) in [5, 5.41) is 1.93. The number of nitrogens with zero attached hydrogens (tertiary/aromatic N) is 1. The van der Waals surface area contributed by atoms with Crippen LogP contribution >= 0.6 is 11.3 Å². The number of ether oxygens (including phenoxy) is 1. The quantitative estimate of drug-likeness (QED) is 0.628. The van der Waals surface area contributed by atoms with E-state index in [9.17, 15) is 9.18 Å². The molecule has 0 bridgehead atoms. The molecule has 0 N–H and O–H groups in total. The van der Waals surface area contributed by atoms with Crippen molar-refractivity contribution in [1.82, 2.24) is 0 Å². The Hall–Kier alpha value is -2.66. The number of hydrogen-bond acceptors (Lipinski definition) is 3. The number of para-hydroxylation sites is 3. The summed E-state index contributed by atoms with van der Waals surface area (Å²) >= 11 is 1.53. The van der Waals surface area contributed by atoms with Crippen molar-refractivity contribution >= 4 is 22.9 Å². The van der Waals surface area contributed by atoms with Crippen LogP contribution in [0, 0.1) is 0 Å². The van der Waals surface area contributed by atoms with Crippen molar-refractivity contribution in [3.8, 4) is 11.5 Å². The Labute approximate surface area is 143 Å². The van der Waals surface area contributed by atoms with Crippen LogP contribution in [0.3, 0.4) is 0 Å². The lowest BCUT2D eigenvalue weighted by Crippen LogP contribution is -2.31. The minimum atomic E-state index is -1.05. The van der Waals surface area contributed by atoms with Crippen LogP contribution in [0.25, 0.3) is 0 Å². The zero-order valence-corrected chi connectivity index (χ0v) is 13.7. The maximum Gasteiger partial charge on any atom is 0.258 e. The van der Waals surface area contributed by atoms with E-state index in [1.54, 1.807) is 18.2 Å². The summed E-state index contributed by atoms with van der Waals surface area (Å²) in [5.74, 6) is 0.586. The predicted molar refractivity (Wildman–Crippen MR) is 94.4 cm³/mol. The number of alkyl halides is 1. The molecular weight excluding hydrogens is 325 g/mol. The fourth-order valence-corrected chi connectivity index (χ4v) is 3.01. The molecule has 5 heteroatoms. The lowest BCUT2D eigenvalue weighted by molar-refractivity contribution is -0.119. The van der Waals surface area contributed by atoms with Crippen LogP contribution in [0.2, 0.25) is 0 Å². The highest BCUT2D eigenvalue weighted by atomic mass is 32.1. The van der Waals surface area contributed by atoms with Gasteiger partial charge in [-0.1, -0.05) is 36.4 Å². The Morgan fingerprint density at radius 2 is 1.75 bits per heavy atom. The standard InChI is InChI=1S/C19H16FNO2S/c20-13-19(22)21(14-16-9-6-12-24-16)17-10-4-5-11-18(17)23-15-7-2-1-3-8-15/h1-12H,13-14H2. The molecule has 0 spiro atoms. The van der Waals surface area contributed by atoms with E-state index in [1.807, 2.05) is 53.9 Å². The lowest BCUT2D eigenvalue weighted by Gasteiger charge is -2.23. The van der Waals surface area contributed by atoms with Crippen molar-refractivity contribution in [2.75, 3.05) is 11.6 Å². The SMILES string of the molecule is O=C(CF)N(Cc1cccs1)c1ccccc1Oc1ccccc1. The number of hydrogen-bond donors (Lipinski definition) is 0. The Kier molecular flexibility index (Phi) is 5.23. The summed E-state index contributed by atoms with van der Waals surface area (Å²) in [4.78, 5) is 14.5. The molecule has 3 rings (SSSR count). The average Bonchev–Trinajstić information content (AvgIpc) is 3.14. The van der Waals surface area contributed by atoms with Crippen LogP contribution in [0.1, 0.15) is 4.88 Å². The minimum absolute atomic E-state index is 0.315. The summed E-state index contributed by atoms with van der Waals surface area (Å²) in [6.45, 7) is -0.735. The van der Waals surface area contributed by atoms with Crippen molar-refractivity contribution < 1.29 is 13.9 Å². The molecule has 0 fully saturated rings. The second-order valence-corrected chi connectivity index (χ2v) is 6.11. The Bertz CT molecular complexity index is 790. The van der Waals surface area contributed by atoms with Gasteiger partial charge in [0.1, 0.15) is 5.75 Å². The molecular formula is C19H16FNO2S. The van der Waals surface area contributed by atoms with Crippen molar-refractivity contribution in [2.24, 2.45) is 0 Å². The molecule has 1 amide bonds. The third-order valence-corrected chi connectivity index (χ3v) is 4.30. The molecule has 3 aromatic rings. The van der Waals surface area contributed by atoms with Gasteiger partial charge in [0.15, 0.2) is 12.4 Å². The predicted octanol–water partition coefficient (Wildman–Crippen LogP) is 5.04. The van der Waals surface area contributed by atoms with E-state index in [2.05, 4.69) is 0 Å². The number of thiophene rings is 1. The minimum Gasteiger partial charge on any atom is -0.455 e. The monoisotopic (exact) mass is 341 g/mol. The molecule has 0 atom stereocenters. The fraction of sp³-hybridized carbons (Fsp3) is 0.105. The number of rotatable bonds is 6. The number of carbonyl (C=O) groups is 1. The maximum atomic E-state index is 13.1. The molecule has 122 valence electrons. The Balaban J connectivity index is 1.93. The summed E-state index contributed by atoms with van der Waals surface area (Å²) in [5.41, 5.74) is 0.553. The first-order valence-electron chi connectivity index (χ1n) is 7.48. The van der Waals surface area contributed by atoms with Gasteiger partial charge in [0.25, 0.3) is 5.91 Å². The van der Waals surface area contributed by atoms with Gasteiger partial charge >= 0.3 is 0 Å². The van der Waals surface area contributed by atoms with Gasteiger partial charge in [-0.05, 0) is 35.7 Å². The van der Waals surface area contributed by atoms with E-state index in [1.165, 1.54) is 16.2 Å².